The maximum atomic E-state index is 12.1. The molecule has 8 nitrogen and oxygen atoms in total. The van der Waals surface area contributed by atoms with Gasteiger partial charge in [0.15, 0.2) is 0 Å². The molecule has 1 saturated heterocycles. The monoisotopic (exact) mass is 314 g/mol. The number of hydrogen-bond donors (Lipinski definition) is 2. The lowest BCUT2D eigenvalue weighted by Gasteiger charge is -2.44. The van der Waals surface area contributed by atoms with Gasteiger partial charge in [0.1, 0.15) is 0 Å². The Labute approximate surface area is 128 Å². The van der Waals surface area contributed by atoms with Crippen molar-refractivity contribution in [3.8, 4) is 0 Å². The van der Waals surface area contributed by atoms with Gasteiger partial charge in [0, 0.05) is 25.9 Å². The molecule has 2 amide bonds. The number of nitrogens with zero attached hydrogens (tertiary/aromatic N) is 2. The van der Waals surface area contributed by atoms with Crippen molar-refractivity contribution in [3.63, 3.8) is 0 Å². The van der Waals surface area contributed by atoms with E-state index in [0.717, 1.165) is 0 Å². The van der Waals surface area contributed by atoms with Crippen molar-refractivity contribution in [2.24, 2.45) is 0 Å². The number of aliphatic carboxylic acids is 2. The summed E-state index contributed by atoms with van der Waals surface area (Å²) in [6.07, 6.45) is 0.148. The Morgan fingerprint density at radius 1 is 1.09 bits per heavy atom. The fourth-order valence-electron chi connectivity index (χ4n) is 2.86. The van der Waals surface area contributed by atoms with E-state index in [1.54, 1.807) is 0 Å². The lowest BCUT2D eigenvalue weighted by molar-refractivity contribution is -0.182. The van der Waals surface area contributed by atoms with Gasteiger partial charge in [0.2, 0.25) is 17.5 Å². The molecule has 0 aromatic rings. The van der Waals surface area contributed by atoms with Crippen molar-refractivity contribution in [2.75, 3.05) is 13.1 Å². The first-order valence-electron chi connectivity index (χ1n) is 7.37. The molecule has 0 aromatic heterocycles. The Bertz CT molecular complexity index is 456. The van der Waals surface area contributed by atoms with Crippen LogP contribution in [0.5, 0.6) is 0 Å². The summed E-state index contributed by atoms with van der Waals surface area (Å²) >= 11 is 0. The van der Waals surface area contributed by atoms with Crippen molar-refractivity contribution in [1.29, 1.82) is 0 Å². The van der Waals surface area contributed by atoms with Gasteiger partial charge in [-0.15, -0.1) is 0 Å². The summed E-state index contributed by atoms with van der Waals surface area (Å²) < 4.78 is 0. The second-order valence-corrected chi connectivity index (χ2v) is 5.30. The standard InChI is InChI=1S/C14H22N2O6/c1-3-7-15(8-4-2)14(13(21)22,9-12(19)20)16-10(17)5-6-11(16)18/h3-9H2,1-2H3,(H,19,20)(H,21,22). The molecule has 1 aliphatic rings. The second-order valence-electron chi connectivity index (χ2n) is 5.30. The lowest BCUT2D eigenvalue weighted by Crippen LogP contribution is -2.68. The van der Waals surface area contributed by atoms with E-state index in [4.69, 9.17) is 0 Å². The van der Waals surface area contributed by atoms with Gasteiger partial charge in [0.05, 0.1) is 6.42 Å². The molecule has 0 saturated carbocycles. The summed E-state index contributed by atoms with van der Waals surface area (Å²) in [5, 5.41) is 18.9. The molecule has 0 spiro atoms. The molecule has 1 unspecified atom stereocenters. The van der Waals surface area contributed by atoms with Gasteiger partial charge in [-0.2, -0.15) is 0 Å². The summed E-state index contributed by atoms with van der Waals surface area (Å²) in [6.45, 7) is 4.21. The van der Waals surface area contributed by atoms with Gasteiger partial charge in [-0.3, -0.25) is 24.2 Å². The molecule has 0 aliphatic carbocycles. The molecule has 1 atom stereocenters. The number of hydrogen-bond acceptors (Lipinski definition) is 5. The molecule has 1 heterocycles. The largest absolute Gasteiger partial charge is 0.481 e. The van der Waals surface area contributed by atoms with Crippen LogP contribution < -0.4 is 0 Å². The minimum atomic E-state index is -2.15. The average Bonchev–Trinajstić information content (AvgIpc) is 2.75. The molecular formula is C14H22N2O6. The van der Waals surface area contributed by atoms with Gasteiger partial charge in [0.25, 0.3) is 0 Å². The quantitative estimate of drug-likeness (QED) is 0.596. The summed E-state index contributed by atoms with van der Waals surface area (Å²) in [6, 6.07) is 0. The van der Waals surface area contributed by atoms with Gasteiger partial charge >= 0.3 is 11.9 Å². The highest BCUT2D eigenvalue weighted by molar-refractivity contribution is 6.06. The highest BCUT2D eigenvalue weighted by Crippen LogP contribution is 2.31. The minimum absolute atomic E-state index is 0.0838. The van der Waals surface area contributed by atoms with E-state index in [2.05, 4.69) is 0 Å². The van der Waals surface area contributed by atoms with E-state index in [1.807, 2.05) is 13.8 Å². The molecule has 124 valence electrons. The van der Waals surface area contributed by atoms with Crippen LogP contribution in [0.15, 0.2) is 0 Å². The number of amides is 2. The maximum Gasteiger partial charge on any atom is 0.346 e. The third-order valence-electron chi connectivity index (χ3n) is 3.67. The number of likely N-dealkylation sites (tertiary alicyclic amines) is 1. The van der Waals surface area contributed by atoms with Gasteiger partial charge in [-0.1, -0.05) is 13.8 Å². The number of imide groups is 1. The molecule has 22 heavy (non-hydrogen) atoms. The summed E-state index contributed by atoms with van der Waals surface area (Å²) in [7, 11) is 0. The number of rotatable bonds is 9. The lowest BCUT2D eigenvalue weighted by atomic mass is 10.00. The number of carbonyl (C=O) groups is 4. The van der Waals surface area contributed by atoms with Crippen LogP contribution in [0.4, 0.5) is 0 Å². The topological polar surface area (TPSA) is 115 Å². The molecule has 1 rings (SSSR count). The van der Waals surface area contributed by atoms with E-state index < -0.39 is 35.8 Å². The fraction of sp³-hybridized carbons (Fsp3) is 0.714. The van der Waals surface area contributed by atoms with E-state index in [1.165, 1.54) is 4.90 Å². The van der Waals surface area contributed by atoms with Crippen molar-refractivity contribution >= 4 is 23.8 Å². The van der Waals surface area contributed by atoms with Gasteiger partial charge < -0.3 is 10.2 Å². The van der Waals surface area contributed by atoms with Gasteiger partial charge in [-0.05, 0) is 12.8 Å². The smallest absolute Gasteiger partial charge is 0.346 e. The summed E-state index contributed by atoms with van der Waals surface area (Å²) in [5.74, 6) is -4.12. The first-order valence-corrected chi connectivity index (χ1v) is 7.37. The molecule has 0 aromatic carbocycles. The van der Waals surface area contributed by atoms with E-state index in [-0.39, 0.29) is 25.9 Å². The van der Waals surface area contributed by atoms with Crippen LogP contribution in [-0.2, 0) is 19.2 Å². The van der Waals surface area contributed by atoms with Crippen molar-refractivity contribution in [2.45, 2.75) is 51.6 Å². The Morgan fingerprint density at radius 2 is 1.55 bits per heavy atom. The van der Waals surface area contributed by atoms with Crippen LogP contribution in [0.3, 0.4) is 0 Å². The first-order chi connectivity index (χ1) is 10.3. The molecule has 0 radical (unpaired) electrons. The molecular weight excluding hydrogens is 292 g/mol. The number of carboxylic acids is 2. The molecule has 8 heteroatoms. The summed E-state index contributed by atoms with van der Waals surface area (Å²) in [4.78, 5) is 49.4. The Morgan fingerprint density at radius 3 is 1.86 bits per heavy atom. The highest BCUT2D eigenvalue weighted by atomic mass is 16.4. The highest BCUT2D eigenvalue weighted by Gasteiger charge is 2.56. The molecule has 1 fully saturated rings. The fourth-order valence-corrected chi connectivity index (χ4v) is 2.86. The zero-order valence-corrected chi connectivity index (χ0v) is 12.9. The van der Waals surface area contributed by atoms with Crippen LogP contribution in [0, 0.1) is 0 Å². The molecule has 2 N–H and O–H groups in total. The van der Waals surface area contributed by atoms with Crippen LogP contribution in [0.1, 0.15) is 46.0 Å². The Hall–Kier alpha value is -1.96. The normalized spacial score (nSPS) is 17.9. The van der Waals surface area contributed by atoms with Crippen molar-refractivity contribution in [1.82, 2.24) is 9.80 Å². The van der Waals surface area contributed by atoms with E-state index in [9.17, 15) is 29.4 Å². The van der Waals surface area contributed by atoms with E-state index in [0.29, 0.717) is 17.7 Å². The van der Waals surface area contributed by atoms with Crippen LogP contribution >= 0.6 is 0 Å². The van der Waals surface area contributed by atoms with E-state index >= 15 is 0 Å². The predicted molar refractivity (Wildman–Crippen MR) is 75.9 cm³/mol. The minimum Gasteiger partial charge on any atom is -0.481 e. The van der Waals surface area contributed by atoms with Crippen molar-refractivity contribution in [3.05, 3.63) is 0 Å². The van der Waals surface area contributed by atoms with Crippen LogP contribution in [0.2, 0.25) is 0 Å². The Balaban J connectivity index is 3.44. The van der Waals surface area contributed by atoms with Crippen molar-refractivity contribution < 1.29 is 29.4 Å². The van der Waals surface area contributed by atoms with Crippen LogP contribution in [0.25, 0.3) is 0 Å². The number of carboxylic acid groups (broad SMARTS) is 2. The third-order valence-corrected chi connectivity index (χ3v) is 3.67. The SMILES string of the molecule is CCCN(CCC)C(CC(=O)O)(C(=O)O)N1C(=O)CCC1=O. The predicted octanol–water partition coefficient (Wildman–Crippen LogP) is 0.513. The molecule has 0 bridgehead atoms. The first kappa shape index (κ1) is 18.1. The van der Waals surface area contributed by atoms with Crippen LogP contribution in [-0.4, -0.2) is 62.5 Å². The maximum absolute atomic E-state index is 12.1. The Kier molecular flexibility index (Phi) is 6.04. The number of carbonyl (C=O) groups excluding carboxylic acids is 2. The third kappa shape index (κ3) is 3.27. The second kappa shape index (κ2) is 7.35. The molecule has 1 aliphatic heterocycles. The zero-order valence-electron chi connectivity index (χ0n) is 12.9. The average molecular weight is 314 g/mol. The summed E-state index contributed by atoms with van der Waals surface area (Å²) in [5.41, 5.74) is -2.15. The van der Waals surface area contributed by atoms with Gasteiger partial charge in [-0.25, -0.2) is 4.79 Å². The zero-order chi connectivity index (χ0) is 16.9.